The number of methoxy groups -OCH3 is 1. The van der Waals surface area contributed by atoms with E-state index in [1.807, 2.05) is 0 Å². The molecule has 28 heavy (non-hydrogen) atoms. The van der Waals surface area contributed by atoms with E-state index >= 15 is 0 Å². The maximum Gasteiger partial charge on any atom is 0.262 e. The van der Waals surface area contributed by atoms with Crippen molar-refractivity contribution in [3.63, 3.8) is 0 Å². The Kier molecular flexibility index (Phi) is 5.26. The Bertz CT molecular complexity index is 1140. The molecule has 0 aliphatic heterocycles. The predicted molar refractivity (Wildman–Crippen MR) is 112 cm³/mol. The second-order valence-electron chi connectivity index (χ2n) is 5.87. The fourth-order valence-corrected chi connectivity index (χ4v) is 4.26. The van der Waals surface area contributed by atoms with Crippen LogP contribution in [0.3, 0.4) is 0 Å². The largest absolute Gasteiger partial charge is 0.494 e. The molecule has 0 N–H and O–H groups in total. The quantitative estimate of drug-likeness (QED) is 0.384. The van der Waals surface area contributed by atoms with Crippen LogP contribution in [0.5, 0.6) is 5.75 Å². The topological polar surface area (TPSA) is 55.6 Å². The Morgan fingerprint density at radius 1 is 1.14 bits per heavy atom. The normalized spacial score (nSPS) is 11.0. The molecular weight excluding hydrogens is 419 g/mol. The van der Waals surface area contributed by atoms with E-state index in [-0.39, 0.29) is 12.5 Å². The number of fused-ring (bicyclic) bond motifs is 1. The van der Waals surface area contributed by atoms with E-state index < -0.39 is 0 Å². The van der Waals surface area contributed by atoms with Gasteiger partial charge in [0.1, 0.15) is 17.0 Å². The minimum Gasteiger partial charge on any atom is -0.494 e. The van der Waals surface area contributed by atoms with Crippen molar-refractivity contribution in [2.45, 2.75) is 6.54 Å². The summed E-state index contributed by atoms with van der Waals surface area (Å²) in [5.74, 6) is 0.930. The summed E-state index contributed by atoms with van der Waals surface area (Å²) in [5, 5.41) is 1.39. The maximum absolute atomic E-state index is 13.3. The molecule has 0 atom stereocenters. The number of anilines is 1. The monoisotopic (exact) mass is 432 g/mol. The van der Waals surface area contributed by atoms with Gasteiger partial charge in [0.15, 0.2) is 5.13 Å². The molecule has 0 unspecified atom stereocenters. The van der Waals surface area contributed by atoms with E-state index in [1.54, 1.807) is 61.9 Å². The van der Waals surface area contributed by atoms with Gasteiger partial charge in [-0.3, -0.25) is 9.69 Å². The second-order valence-corrected chi connectivity index (χ2v) is 7.67. The molecule has 0 saturated heterocycles. The molecule has 4 rings (SSSR count). The number of aromatic nitrogens is 1. The Labute approximate surface area is 175 Å². The summed E-state index contributed by atoms with van der Waals surface area (Å²) < 4.78 is 11.6. The summed E-state index contributed by atoms with van der Waals surface area (Å²) in [6.07, 6.45) is 1.56. The zero-order valence-corrected chi connectivity index (χ0v) is 17.0. The molecule has 0 radical (unpaired) electrons. The number of halogens is 2. The lowest BCUT2D eigenvalue weighted by Gasteiger charge is -2.19. The van der Waals surface area contributed by atoms with Crippen LogP contribution in [0, 0.1) is 0 Å². The maximum atomic E-state index is 13.3. The number of rotatable bonds is 5. The van der Waals surface area contributed by atoms with Gasteiger partial charge in [0.2, 0.25) is 0 Å². The Morgan fingerprint density at radius 2 is 1.96 bits per heavy atom. The van der Waals surface area contributed by atoms with Crippen molar-refractivity contribution >= 4 is 55.8 Å². The number of benzene rings is 2. The highest BCUT2D eigenvalue weighted by atomic mass is 35.5. The van der Waals surface area contributed by atoms with Crippen molar-refractivity contribution in [3.8, 4) is 5.75 Å². The van der Waals surface area contributed by atoms with E-state index in [9.17, 15) is 4.79 Å². The van der Waals surface area contributed by atoms with Crippen LogP contribution in [0.15, 0.2) is 59.2 Å². The van der Waals surface area contributed by atoms with Crippen LogP contribution in [-0.2, 0) is 6.54 Å². The summed E-state index contributed by atoms with van der Waals surface area (Å²) in [5.41, 5.74) is 0.986. The highest BCUT2D eigenvalue weighted by Gasteiger charge is 2.25. The van der Waals surface area contributed by atoms with Crippen molar-refractivity contribution in [3.05, 3.63) is 76.2 Å². The van der Waals surface area contributed by atoms with Crippen LogP contribution < -0.4 is 9.64 Å². The van der Waals surface area contributed by atoms with Crippen molar-refractivity contribution < 1.29 is 13.9 Å². The van der Waals surface area contributed by atoms with Gasteiger partial charge in [-0.25, -0.2) is 4.98 Å². The average Bonchev–Trinajstić information content (AvgIpc) is 3.36. The number of carbonyl (C=O) groups is 1. The smallest absolute Gasteiger partial charge is 0.262 e. The Hall–Kier alpha value is -2.54. The molecule has 0 aliphatic rings. The summed E-state index contributed by atoms with van der Waals surface area (Å²) in [7, 11) is 1.57. The zero-order chi connectivity index (χ0) is 19.7. The lowest BCUT2D eigenvalue weighted by Crippen LogP contribution is -2.30. The predicted octanol–water partition coefficient (Wildman–Crippen LogP) is 6.05. The van der Waals surface area contributed by atoms with Gasteiger partial charge in [0.25, 0.3) is 5.91 Å². The molecule has 4 aromatic rings. The minimum atomic E-state index is -0.281. The molecule has 0 saturated carbocycles. The van der Waals surface area contributed by atoms with Crippen LogP contribution in [0.25, 0.3) is 10.2 Å². The van der Waals surface area contributed by atoms with Gasteiger partial charge in [-0.15, -0.1) is 0 Å². The first-order valence-corrected chi connectivity index (χ1v) is 9.87. The molecule has 0 spiro atoms. The SMILES string of the molecule is COc1ccc(Cl)c2sc(N(Cc3ccco3)C(=O)c3ccccc3Cl)nc12. The van der Waals surface area contributed by atoms with Gasteiger partial charge in [-0.1, -0.05) is 46.7 Å². The van der Waals surface area contributed by atoms with Crippen LogP contribution in [0.2, 0.25) is 10.0 Å². The highest BCUT2D eigenvalue weighted by Crippen LogP contribution is 2.39. The number of hydrogen-bond donors (Lipinski definition) is 0. The van der Waals surface area contributed by atoms with Crippen LogP contribution in [-0.4, -0.2) is 18.0 Å². The van der Waals surface area contributed by atoms with E-state index in [4.69, 9.17) is 32.4 Å². The molecule has 5 nitrogen and oxygen atoms in total. The molecule has 0 aliphatic carbocycles. The number of carbonyl (C=O) groups excluding carboxylic acids is 1. The molecule has 142 valence electrons. The lowest BCUT2D eigenvalue weighted by atomic mass is 10.2. The van der Waals surface area contributed by atoms with Crippen molar-refractivity contribution in [1.82, 2.24) is 4.98 Å². The highest BCUT2D eigenvalue weighted by molar-refractivity contribution is 7.23. The summed E-state index contributed by atoms with van der Waals surface area (Å²) in [4.78, 5) is 19.5. The first-order valence-electron chi connectivity index (χ1n) is 8.30. The molecule has 8 heteroatoms. The molecule has 0 bridgehead atoms. The standard InChI is InChI=1S/C20H14Cl2N2O3S/c1-26-16-9-8-15(22)18-17(16)23-20(28-18)24(11-12-5-4-10-27-12)19(25)13-6-2-3-7-14(13)21/h2-10H,11H2,1H3. The second kappa shape index (κ2) is 7.83. The van der Waals surface area contributed by atoms with Gasteiger partial charge in [-0.05, 0) is 36.4 Å². The van der Waals surface area contributed by atoms with E-state index in [0.29, 0.717) is 37.8 Å². The van der Waals surface area contributed by atoms with Crippen molar-refractivity contribution in [2.24, 2.45) is 0 Å². The number of amides is 1. The van der Waals surface area contributed by atoms with Crippen LogP contribution in [0.4, 0.5) is 5.13 Å². The van der Waals surface area contributed by atoms with Gasteiger partial charge in [0.05, 0.1) is 40.2 Å². The summed E-state index contributed by atoms with van der Waals surface area (Å²) in [6, 6.07) is 14.0. The Balaban J connectivity index is 1.84. The molecule has 2 heterocycles. The minimum absolute atomic E-state index is 0.205. The fraction of sp³-hybridized carbons (Fsp3) is 0.100. The number of ether oxygens (including phenoxy) is 1. The molecular formula is C20H14Cl2N2O3S. The fourth-order valence-electron chi connectivity index (χ4n) is 2.79. The van der Waals surface area contributed by atoms with Crippen molar-refractivity contribution in [1.29, 1.82) is 0 Å². The first-order chi connectivity index (χ1) is 13.6. The van der Waals surface area contributed by atoms with E-state index in [1.165, 1.54) is 16.2 Å². The first kappa shape index (κ1) is 18.8. The van der Waals surface area contributed by atoms with Gasteiger partial charge < -0.3 is 9.15 Å². The Morgan fingerprint density at radius 3 is 2.68 bits per heavy atom. The third kappa shape index (κ3) is 3.46. The number of furan rings is 1. The van der Waals surface area contributed by atoms with E-state index in [2.05, 4.69) is 4.98 Å². The third-order valence-corrected chi connectivity index (χ3v) is 6.01. The van der Waals surface area contributed by atoms with Gasteiger partial charge in [0, 0.05) is 0 Å². The van der Waals surface area contributed by atoms with Gasteiger partial charge in [-0.2, -0.15) is 0 Å². The molecule has 0 fully saturated rings. The summed E-state index contributed by atoms with van der Waals surface area (Å²) in [6.45, 7) is 0.205. The average molecular weight is 433 g/mol. The third-order valence-electron chi connectivity index (χ3n) is 4.14. The van der Waals surface area contributed by atoms with Crippen LogP contribution >= 0.6 is 34.5 Å². The van der Waals surface area contributed by atoms with E-state index in [0.717, 1.165) is 4.70 Å². The molecule has 2 aromatic heterocycles. The zero-order valence-electron chi connectivity index (χ0n) is 14.7. The van der Waals surface area contributed by atoms with Gasteiger partial charge >= 0.3 is 0 Å². The lowest BCUT2D eigenvalue weighted by molar-refractivity contribution is 0.0983. The number of thiazole rings is 1. The molecule has 1 amide bonds. The molecule has 2 aromatic carbocycles. The van der Waals surface area contributed by atoms with Crippen molar-refractivity contribution in [2.75, 3.05) is 12.0 Å². The summed E-state index contributed by atoms with van der Waals surface area (Å²) >= 11 is 13.9. The van der Waals surface area contributed by atoms with Crippen LogP contribution in [0.1, 0.15) is 16.1 Å². The number of hydrogen-bond acceptors (Lipinski definition) is 5. The number of nitrogens with zero attached hydrogens (tertiary/aromatic N) is 2.